The van der Waals surface area contributed by atoms with Crippen LogP contribution in [0.4, 0.5) is 0 Å². The molecule has 0 bridgehead atoms. The molecule has 1 aromatic carbocycles. The molecule has 1 aromatic rings. The number of hydrogen-bond donors (Lipinski definition) is 1. The zero-order valence-corrected chi connectivity index (χ0v) is 8.36. The van der Waals surface area contributed by atoms with Crippen molar-refractivity contribution in [2.24, 2.45) is 0 Å². The van der Waals surface area contributed by atoms with E-state index in [-0.39, 0.29) is 0 Å². The Kier molecular flexibility index (Phi) is 3.12. The van der Waals surface area contributed by atoms with E-state index in [9.17, 15) is 4.79 Å². The number of carboxylic acids is 1. The molecule has 0 aliphatic carbocycles. The van der Waals surface area contributed by atoms with Crippen LogP contribution in [0, 0.1) is 0 Å². The summed E-state index contributed by atoms with van der Waals surface area (Å²) in [6, 6.07) is 8.98. The molecule has 0 aromatic heterocycles. The number of ether oxygens (including phenoxy) is 1. The van der Waals surface area contributed by atoms with E-state index in [1.165, 1.54) is 0 Å². The van der Waals surface area contributed by atoms with E-state index in [1.54, 1.807) is 26.0 Å². The molecule has 1 unspecified atom stereocenters. The van der Waals surface area contributed by atoms with Crippen molar-refractivity contribution in [2.75, 3.05) is 0 Å². The summed E-state index contributed by atoms with van der Waals surface area (Å²) in [6.07, 6.45) is 0.428. The molecule has 1 atom stereocenters. The highest BCUT2D eigenvalue weighted by Gasteiger charge is 2.33. The Balaban J connectivity index is 2.81. The Morgan fingerprint density at radius 3 is 2.43 bits per heavy atom. The van der Waals surface area contributed by atoms with Crippen LogP contribution in [0.5, 0.6) is 5.75 Å². The van der Waals surface area contributed by atoms with Crippen molar-refractivity contribution in [2.45, 2.75) is 25.9 Å². The molecule has 3 nitrogen and oxygen atoms in total. The third kappa shape index (κ3) is 2.25. The lowest BCUT2D eigenvalue weighted by Gasteiger charge is -2.24. The first-order chi connectivity index (χ1) is 6.58. The van der Waals surface area contributed by atoms with Crippen LogP contribution in [-0.4, -0.2) is 16.7 Å². The minimum absolute atomic E-state index is 0.428. The highest BCUT2D eigenvalue weighted by atomic mass is 16.5. The van der Waals surface area contributed by atoms with E-state index >= 15 is 0 Å². The van der Waals surface area contributed by atoms with Crippen LogP contribution >= 0.6 is 0 Å². The fourth-order valence-electron chi connectivity index (χ4n) is 1.02. The Morgan fingerprint density at radius 2 is 2.00 bits per heavy atom. The van der Waals surface area contributed by atoms with Gasteiger partial charge in [0.15, 0.2) is 0 Å². The summed E-state index contributed by atoms with van der Waals surface area (Å²) in [5.41, 5.74) is -1.14. The van der Waals surface area contributed by atoms with Crippen LogP contribution in [0.1, 0.15) is 20.3 Å². The van der Waals surface area contributed by atoms with Crippen LogP contribution < -0.4 is 4.74 Å². The average molecular weight is 194 g/mol. The first kappa shape index (κ1) is 10.6. The van der Waals surface area contributed by atoms with E-state index in [1.807, 2.05) is 18.2 Å². The molecule has 0 aliphatic heterocycles. The summed E-state index contributed by atoms with van der Waals surface area (Å²) in [7, 11) is 0. The predicted molar refractivity (Wildman–Crippen MR) is 53.4 cm³/mol. The van der Waals surface area contributed by atoms with Gasteiger partial charge >= 0.3 is 5.97 Å². The van der Waals surface area contributed by atoms with Gasteiger partial charge in [0, 0.05) is 0 Å². The van der Waals surface area contributed by atoms with Gasteiger partial charge in [-0.15, -0.1) is 0 Å². The van der Waals surface area contributed by atoms with Crippen molar-refractivity contribution in [3.05, 3.63) is 30.3 Å². The molecule has 0 saturated heterocycles. The van der Waals surface area contributed by atoms with Crippen molar-refractivity contribution < 1.29 is 14.6 Å². The third-order valence-electron chi connectivity index (χ3n) is 2.21. The quantitative estimate of drug-likeness (QED) is 0.800. The molecular weight excluding hydrogens is 180 g/mol. The lowest BCUT2D eigenvalue weighted by atomic mass is 10.0. The highest BCUT2D eigenvalue weighted by molar-refractivity contribution is 5.77. The first-order valence-electron chi connectivity index (χ1n) is 4.56. The molecule has 0 spiro atoms. The molecule has 0 saturated carbocycles. The summed E-state index contributed by atoms with van der Waals surface area (Å²) in [5, 5.41) is 8.97. The fraction of sp³-hybridized carbons (Fsp3) is 0.364. The minimum Gasteiger partial charge on any atom is -0.478 e. The van der Waals surface area contributed by atoms with E-state index in [4.69, 9.17) is 9.84 Å². The highest BCUT2D eigenvalue weighted by Crippen LogP contribution is 2.20. The monoisotopic (exact) mass is 194 g/mol. The smallest absolute Gasteiger partial charge is 0.347 e. The van der Waals surface area contributed by atoms with Crippen molar-refractivity contribution in [1.29, 1.82) is 0 Å². The number of rotatable bonds is 4. The molecule has 76 valence electrons. The van der Waals surface area contributed by atoms with Crippen LogP contribution in [0.15, 0.2) is 30.3 Å². The maximum absolute atomic E-state index is 10.9. The number of aliphatic carboxylic acids is 1. The van der Waals surface area contributed by atoms with Gasteiger partial charge in [-0.1, -0.05) is 25.1 Å². The van der Waals surface area contributed by atoms with Gasteiger partial charge in [0.25, 0.3) is 0 Å². The first-order valence-corrected chi connectivity index (χ1v) is 4.56. The van der Waals surface area contributed by atoms with Gasteiger partial charge < -0.3 is 9.84 Å². The molecule has 0 amide bonds. The summed E-state index contributed by atoms with van der Waals surface area (Å²) in [5.74, 6) is -0.358. The van der Waals surface area contributed by atoms with E-state index < -0.39 is 11.6 Å². The number of para-hydroxylation sites is 1. The van der Waals surface area contributed by atoms with Gasteiger partial charge in [-0.25, -0.2) is 4.79 Å². The van der Waals surface area contributed by atoms with Crippen LogP contribution in [0.25, 0.3) is 0 Å². The molecule has 1 N–H and O–H groups in total. The lowest BCUT2D eigenvalue weighted by molar-refractivity contribution is -0.154. The standard InChI is InChI=1S/C11H14O3/c1-3-11(2,10(12)13)14-9-7-5-4-6-8-9/h4-8H,3H2,1-2H3,(H,12,13). The molecular formula is C11H14O3. The van der Waals surface area contributed by atoms with E-state index in [2.05, 4.69) is 0 Å². The zero-order valence-electron chi connectivity index (χ0n) is 8.36. The Labute approximate surface area is 83.3 Å². The number of benzene rings is 1. The second kappa shape index (κ2) is 4.13. The molecule has 0 radical (unpaired) electrons. The van der Waals surface area contributed by atoms with Crippen molar-refractivity contribution in [3.8, 4) is 5.75 Å². The topological polar surface area (TPSA) is 46.5 Å². The number of carboxylic acid groups (broad SMARTS) is 1. The van der Waals surface area contributed by atoms with Gasteiger partial charge in [-0.05, 0) is 25.5 Å². The third-order valence-corrected chi connectivity index (χ3v) is 2.21. The fourth-order valence-corrected chi connectivity index (χ4v) is 1.02. The maximum Gasteiger partial charge on any atom is 0.347 e. The van der Waals surface area contributed by atoms with Crippen molar-refractivity contribution in [3.63, 3.8) is 0 Å². The van der Waals surface area contributed by atoms with Gasteiger partial charge in [-0.2, -0.15) is 0 Å². The Hall–Kier alpha value is -1.51. The summed E-state index contributed by atoms with van der Waals surface area (Å²) < 4.78 is 5.41. The summed E-state index contributed by atoms with van der Waals surface area (Å²) in [4.78, 5) is 10.9. The SMILES string of the molecule is CCC(C)(Oc1ccccc1)C(=O)O. The summed E-state index contributed by atoms with van der Waals surface area (Å²) >= 11 is 0. The Bertz CT molecular complexity index is 308. The Morgan fingerprint density at radius 1 is 1.43 bits per heavy atom. The lowest BCUT2D eigenvalue weighted by Crippen LogP contribution is -2.40. The molecule has 3 heteroatoms. The molecule has 0 fully saturated rings. The second-order valence-electron chi connectivity index (χ2n) is 3.30. The largest absolute Gasteiger partial charge is 0.478 e. The van der Waals surface area contributed by atoms with Gasteiger partial charge in [0.05, 0.1) is 0 Å². The van der Waals surface area contributed by atoms with Crippen molar-refractivity contribution in [1.82, 2.24) is 0 Å². The van der Waals surface area contributed by atoms with Gasteiger partial charge in [0.2, 0.25) is 5.60 Å². The molecule has 14 heavy (non-hydrogen) atoms. The van der Waals surface area contributed by atoms with Gasteiger partial charge in [0.1, 0.15) is 5.75 Å². The molecule has 1 rings (SSSR count). The minimum atomic E-state index is -1.14. The van der Waals surface area contributed by atoms with E-state index in [0.717, 1.165) is 0 Å². The van der Waals surface area contributed by atoms with Gasteiger partial charge in [-0.3, -0.25) is 0 Å². The van der Waals surface area contributed by atoms with Crippen LogP contribution in [0.2, 0.25) is 0 Å². The zero-order chi connectivity index (χ0) is 10.6. The van der Waals surface area contributed by atoms with Crippen LogP contribution in [-0.2, 0) is 4.79 Å². The predicted octanol–water partition coefficient (Wildman–Crippen LogP) is 2.32. The maximum atomic E-state index is 10.9. The van der Waals surface area contributed by atoms with Crippen LogP contribution in [0.3, 0.4) is 0 Å². The molecule has 0 aliphatic rings. The number of carbonyl (C=O) groups is 1. The summed E-state index contributed by atoms with van der Waals surface area (Å²) in [6.45, 7) is 3.36. The molecule has 0 heterocycles. The average Bonchev–Trinajstić information content (AvgIpc) is 2.19. The van der Waals surface area contributed by atoms with E-state index in [0.29, 0.717) is 12.2 Å². The second-order valence-corrected chi connectivity index (χ2v) is 3.30. The van der Waals surface area contributed by atoms with Crippen molar-refractivity contribution >= 4 is 5.97 Å². The number of hydrogen-bond acceptors (Lipinski definition) is 2. The normalized spacial score (nSPS) is 14.4.